The molecule has 3 rings (SSSR count). The molecule has 1 aromatic heterocycles. The molecule has 0 saturated carbocycles. The highest BCUT2D eigenvalue weighted by molar-refractivity contribution is 5.92. The summed E-state index contributed by atoms with van der Waals surface area (Å²) in [4.78, 5) is 31.7. The van der Waals surface area contributed by atoms with Gasteiger partial charge in [-0.25, -0.2) is 23.5 Å². The van der Waals surface area contributed by atoms with E-state index in [-0.39, 0.29) is 17.7 Å². The van der Waals surface area contributed by atoms with Gasteiger partial charge in [-0.1, -0.05) is 31.7 Å². The van der Waals surface area contributed by atoms with Crippen LogP contribution >= 0.6 is 0 Å². The smallest absolute Gasteiger partial charge is 0.335 e. The molecule has 9 heteroatoms. The molecule has 172 valence electrons. The Hall–Kier alpha value is -3.88. The lowest BCUT2D eigenvalue weighted by Gasteiger charge is -2.30. The number of rotatable bonds is 8. The Labute approximate surface area is 190 Å². The van der Waals surface area contributed by atoms with Gasteiger partial charge in [0.05, 0.1) is 23.4 Å². The number of benzene rings is 1. The summed E-state index contributed by atoms with van der Waals surface area (Å²) in [5.41, 5.74) is 2.02. The van der Waals surface area contributed by atoms with Crippen molar-refractivity contribution in [1.29, 1.82) is 0 Å². The van der Waals surface area contributed by atoms with Gasteiger partial charge in [0, 0.05) is 18.0 Å². The van der Waals surface area contributed by atoms with Gasteiger partial charge in [-0.3, -0.25) is 4.79 Å². The number of halogens is 2. The maximum absolute atomic E-state index is 13.3. The van der Waals surface area contributed by atoms with E-state index in [4.69, 9.17) is 0 Å². The molecule has 0 spiro atoms. The minimum Gasteiger partial charge on any atom is -0.478 e. The fourth-order valence-corrected chi connectivity index (χ4v) is 3.55. The standard InChI is InChI=1S/C24H24F2N4O3/c1-14-11-24(3,7-6-17(14)23(32)33)12-27-15(2)20-10-21(29-13-28-20)30-22(31)9-16-4-5-18(25)19(26)8-16/h4-6,8,10-11,13,27H,2,7,9,12H2,1,3H3,(H,32,33)(H,28,29,30,31). The van der Waals surface area contributed by atoms with Crippen LogP contribution in [0.25, 0.3) is 5.70 Å². The second kappa shape index (κ2) is 9.72. The van der Waals surface area contributed by atoms with Crippen LogP contribution in [0.3, 0.4) is 0 Å². The lowest BCUT2D eigenvalue weighted by Crippen LogP contribution is -2.31. The summed E-state index contributed by atoms with van der Waals surface area (Å²) < 4.78 is 26.4. The van der Waals surface area contributed by atoms with Gasteiger partial charge in [0.25, 0.3) is 0 Å². The monoisotopic (exact) mass is 454 g/mol. The van der Waals surface area contributed by atoms with Crippen LogP contribution in [-0.2, 0) is 16.0 Å². The molecule has 0 radical (unpaired) electrons. The molecule has 0 fully saturated rings. The van der Waals surface area contributed by atoms with E-state index in [1.165, 1.54) is 12.4 Å². The molecule has 2 aromatic rings. The van der Waals surface area contributed by atoms with Crippen molar-refractivity contribution >= 4 is 23.4 Å². The number of aliphatic carboxylic acids is 1. The average molecular weight is 454 g/mol. The predicted molar refractivity (Wildman–Crippen MR) is 120 cm³/mol. The second-order valence-corrected chi connectivity index (χ2v) is 8.20. The highest BCUT2D eigenvalue weighted by atomic mass is 19.2. The van der Waals surface area contributed by atoms with Crippen molar-refractivity contribution in [3.8, 4) is 0 Å². The van der Waals surface area contributed by atoms with Gasteiger partial charge in [0.2, 0.25) is 5.91 Å². The van der Waals surface area contributed by atoms with E-state index in [1.807, 2.05) is 13.0 Å². The maximum Gasteiger partial charge on any atom is 0.335 e. The number of anilines is 1. The zero-order valence-corrected chi connectivity index (χ0v) is 18.3. The largest absolute Gasteiger partial charge is 0.478 e. The van der Waals surface area contributed by atoms with Gasteiger partial charge in [0.15, 0.2) is 11.6 Å². The number of carbonyl (C=O) groups is 2. The van der Waals surface area contributed by atoms with E-state index in [1.54, 1.807) is 19.1 Å². The van der Waals surface area contributed by atoms with Crippen LogP contribution in [-0.4, -0.2) is 33.5 Å². The quantitative estimate of drug-likeness (QED) is 0.560. The van der Waals surface area contributed by atoms with Gasteiger partial charge in [0.1, 0.15) is 12.1 Å². The van der Waals surface area contributed by atoms with Crippen molar-refractivity contribution in [2.75, 3.05) is 11.9 Å². The van der Waals surface area contributed by atoms with Gasteiger partial charge in [-0.05, 0) is 36.6 Å². The third kappa shape index (κ3) is 6.09. The van der Waals surface area contributed by atoms with E-state index in [0.717, 1.165) is 12.1 Å². The molecule has 1 aliphatic rings. The Morgan fingerprint density at radius 2 is 1.97 bits per heavy atom. The summed E-state index contributed by atoms with van der Waals surface area (Å²) in [6.45, 7) is 8.26. The Balaban J connectivity index is 1.60. The van der Waals surface area contributed by atoms with Crippen molar-refractivity contribution in [3.05, 3.63) is 83.4 Å². The first-order valence-electron chi connectivity index (χ1n) is 10.2. The van der Waals surface area contributed by atoms with Gasteiger partial charge >= 0.3 is 5.97 Å². The number of carbonyl (C=O) groups excluding carboxylic acids is 1. The summed E-state index contributed by atoms with van der Waals surface area (Å²) in [6.07, 6.45) is 5.34. The van der Waals surface area contributed by atoms with Crippen molar-refractivity contribution < 1.29 is 23.5 Å². The molecular weight excluding hydrogens is 430 g/mol. The molecular formula is C24H24F2N4O3. The lowest BCUT2D eigenvalue weighted by atomic mass is 9.79. The number of nitrogens with zero attached hydrogens (tertiary/aromatic N) is 2. The predicted octanol–water partition coefficient (Wildman–Crippen LogP) is 3.86. The van der Waals surface area contributed by atoms with Crippen LogP contribution < -0.4 is 10.6 Å². The molecule has 1 heterocycles. The van der Waals surface area contributed by atoms with Crippen molar-refractivity contribution in [2.24, 2.45) is 5.41 Å². The summed E-state index contributed by atoms with van der Waals surface area (Å²) in [7, 11) is 0. The normalized spacial score (nSPS) is 17.6. The summed E-state index contributed by atoms with van der Waals surface area (Å²) in [6, 6.07) is 4.83. The molecule has 3 N–H and O–H groups in total. The number of amides is 1. The van der Waals surface area contributed by atoms with Crippen molar-refractivity contribution in [3.63, 3.8) is 0 Å². The highest BCUT2D eigenvalue weighted by Gasteiger charge is 2.27. The molecule has 0 saturated heterocycles. The number of allylic oxidation sites excluding steroid dienone is 1. The summed E-state index contributed by atoms with van der Waals surface area (Å²) >= 11 is 0. The molecule has 0 aliphatic heterocycles. The number of aromatic nitrogens is 2. The SMILES string of the molecule is C=C(NCC1(C)C=C(C)C(C(=O)O)=CC1)c1cc(NC(=O)Cc2ccc(F)c(F)c2)ncn1. The zero-order chi connectivity index (χ0) is 24.2. The Bertz CT molecular complexity index is 1180. The molecule has 33 heavy (non-hydrogen) atoms. The zero-order valence-electron chi connectivity index (χ0n) is 18.3. The number of carboxylic acid groups (broad SMARTS) is 1. The van der Waals surface area contributed by atoms with Crippen LogP contribution in [0.1, 0.15) is 31.5 Å². The third-order valence-electron chi connectivity index (χ3n) is 5.29. The van der Waals surface area contributed by atoms with E-state index < -0.39 is 23.5 Å². The first-order chi connectivity index (χ1) is 15.6. The van der Waals surface area contributed by atoms with Crippen LogP contribution in [0.4, 0.5) is 14.6 Å². The minimum atomic E-state index is -1.02. The third-order valence-corrected chi connectivity index (χ3v) is 5.29. The number of hydrogen-bond acceptors (Lipinski definition) is 5. The maximum atomic E-state index is 13.3. The van der Waals surface area contributed by atoms with Crippen LogP contribution in [0.2, 0.25) is 0 Å². The van der Waals surface area contributed by atoms with Gasteiger partial charge in [-0.2, -0.15) is 0 Å². The van der Waals surface area contributed by atoms with Crippen molar-refractivity contribution in [1.82, 2.24) is 15.3 Å². The molecule has 1 amide bonds. The van der Waals surface area contributed by atoms with E-state index >= 15 is 0 Å². The summed E-state index contributed by atoms with van der Waals surface area (Å²) in [5, 5.41) is 15.0. The van der Waals surface area contributed by atoms with Gasteiger partial charge in [-0.15, -0.1) is 0 Å². The fraction of sp³-hybridized carbons (Fsp3) is 0.250. The molecule has 1 aliphatic carbocycles. The average Bonchev–Trinajstić information content (AvgIpc) is 2.74. The van der Waals surface area contributed by atoms with Gasteiger partial charge < -0.3 is 15.7 Å². The number of carboxylic acids is 1. The molecule has 1 atom stereocenters. The van der Waals surface area contributed by atoms with Crippen LogP contribution in [0.15, 0.2) is 60.5 Å². The van der Waals surface area contributed by atoms with Crippen LogP contribution in [0, 0.1) is 17.0 Å². The van der Waals surface area contributed by atoms with E-state index in [2.05, 4.69) is 27.2 Å². The Morgan fingerprint density at radius 3 is 2.64 bits per heavy atom. The first-order valence-corrected chi connectivity index (χ1v) is 10.2. The minimum absolute atomic E-state index is 0.147. The molecule has 1 unspecified atom stereocenters. The van der Waals surface area contributed by atoms with Crippen molar-refractivity contribution in [2.45, 2.75) is 26.7 Å². The number of hydrogen-bond donors (Lipinski definition) is 3. The Kier molecular flexibility index (Phi) is 7.01. The Morgan fingerprint density at radius 1 is 1.21 bits per heavy atom. The van der Waals surface area contributed by atoms with E-state index in [9.17, 15) is 23.5 Å². The number of nitrogens with one attached hydrogen (secondary N) is 2. The lowest BCUT2D eigenvalue weighted by molar-refractivity contribution is -0.132. The molecule has 1 aromatic carbocycles. The first kappa shape index (κ1) is 23.8. The topological polar surface area (TPSA) is 104 Å². The summed E-state index contributed by atoms with van der Waals surface area (Å²) in [5.74, 6) is -3.14. The van der Waals surface area contributed by atoms with Crippen LogP contribution in [0.5, 0.6) is 0 Å². The molecule has 0 bridgehead atoms. The highest BCUT2D eigenvalue weighted by Crippen LogP contribution is 2.33. The molecule has 7 nitrogen and oxygen atoms in total. The second-order valence-electron chi connectivity index (χ2n) is 8.20. The fourth-order valence-electron chi connectivity index (χ4n) is 3.55. The van der Waals surface area contributed by atoms with E-state index in [0.29, 0.717) is 41.1 Å².